The zero-order chi connectivity index (χ0) is 15.6. The van der Waals surface area contributed by atoms with E-state index in [4.69, 9.17) is 5.11 Å². The van der Waals surface area contributed by atoms with E-state index in [1.54, 1.807) is 18.2 Å². The number of benzene rings is 2. The largest absolute Gasteiger partial charge is 0.478 e. The number of halogens is 1. The topological polar surface area (TPSA) is 83.5 Å². The molecule has 21 heavy (non-hydrogen) atoms. The van der Waals surface area contributed by atoms with Crippen LogP contribution in [0.3, 0.4) is 0 Å². The lowest BCUT2D eigenvalue weighted by Gasteiger charge is -2.12. The van der Waals surface area contributed by atoms with Gasteiger partial charge in [0.15, 0.2) is 0 Å². The molecule has 0 saturated carbocycles. The number of sulfonamides is 1. The van der Waals surface area contributed by atoms with Gasteiger partial charge in [-0.25, -0.2) is 13.2 Å². The molecule has 5 nitrogen and oxygen atoms in total. The minimum Gasteiger partial charge on any atom is -0.478 e. The Morgan fingerprint density at radius 3 is 2.48 bits per heavy atom. The van der Waals surface area contributed by atoms with Gasteiger partial charge in [0.1, 0.15) is 0 Å². The van der Waals surface area contributed by atoms with E-state index >= 15 is 0 Å². The highest BCUT2D eigenvalue weighted by Crippen LogP contribution is 2.22. The molecule has 0 bridgehead atoms. The minimum atomic E-state index is -3.83. The van der Waals surface area contributed by atoms with Crippen LogP contribution in [0.2, 0.25) is 0 Å². The van der Waals surface area contributed by atoms with Crippen LogP contribution in [0.15, 0.2) is 47.4 Å². The third kappa shape index (κ3) is 3.53. The average molecular weight is 417 g/mol. The molecular formula is C14H12INO4S. The summed E-state index contributed by atoms with van der Waals surface area (Å²) in [5.41, 5.74) is 0.616. The van der Waals surface area contributed by atoms with Gasteiger partial charge >= 0.3 is 5.97 Å². The van der Waals surface area contributed by atoms with Crippen LogP contribution < -0.4 is 4.72 Å². The molecule has 0 unspecified atom stereocenters. The van der Waals surface area contributed by atoms with E-state index in [-0.39, 0.29) is 16.0 Å². The molecule has 0 radical (unpaired) electrons. The second-order valence-electron chi connectivity index (χ2n) is 4.35. The number of aromatic carboxylic acids is 1. The molecular weight excluding hydrogens is 405 g/mol. The number of hydrogen-bond acceptors (Lipinski definition) is 3. The first kappa shape index (κ1) is 15.8. The average Bonchev–Trinajstić information content (AvgIpc) is 2.37. The van der Waals surface area contributed by atoms with Crippen LogP contribution in [-0.4, -0.2) is 19.5 Å². The predicted molar refractivity (Wildman–Crippen MR) is 88.1 cm³/mol. The SMILES string of the molecule is Cc1c(C(=O)O)cccc1S(=O)(=O)Nc1cccc(I)c1. The summed E-state index contributed by atoms with van der Waals surface area (Å²) >= 11 is 2.08. The molecule has 0 amide bonds. The number of hydrogen-bond donors (Lipinski definition) is 2. The van der Waals surface area contributed by atoms with Crippen molar-refractivity contribution in [3.05, 3.63) is 57.2 Å². The maximum absolute atomic E-state index is 12.4. The highest BCUT2D eigenvalue weighted by Gasteiger charge is 2.20. The second kappa shape index (κ2) is 6.02. The Hall–Kier alpha value is -1.61. The van der Waals surface area contributed by atoms with Crippen LogP contribution in [0.4, 0.5) is 5.69 Å². The molecule has 7 heteroatoms. The second-order valence-corrected chi connectivity index (χ2v) is 7.25. The van der Waals surface area contributed by atoms with E-state index in [2.05, 4.69) is 27.3 Å². The molecule has 2 rings (SSSR count). The first-order valence-corrected chi connectivity index (χ1v) is 8.49. The molecule has 0 fully saturated rings. The van der Waals surface area contributed by atoms with Crippen LogP contribution in [0, 0.1) is 10.5 Å². The number of nitrogens with one attached hydrogen (secondary N) is 1. The molecule has 0 aromatic heterocycles. The number of anilines is 1. The van der Waals surface area contributed by atoms with Gasteiger partial charge in [0.25, 0.3) is 10.0 Å². The molecule has 0 spiro atoms. The number of carboxylic acid groups (broad SMARTS) is 1. The lowest BCUT2D eigenvalue weighted by atomic mass is 10.1. The van der Waals surface area contributed by atoms with Crippen LogP contribution >= 0.6 is 22.6 Å². The summed E-state index contributed by atoms with van der Waals surface area (Å²) in [7, 11) is -3.83. The van der Waals surface area contributed by atoms with E-state index in [1.165, 1.54) is 25.1 Å². The van der Waals surface area contributed by atoms with Gasteiger partial charge in [0, 0.05) is 9.26 Å². The summed E-state index contributed by atoms with van der Waals surface area (Å²) in [6.45, 7) is 1.48. The van der Waals surface area contributed by atoms with Gasteiger partial charge in [-0.05, 0) is 65.4 Å². The summed E-state index contributed by atoms with van der Waals surface area (Å²) in [5, 5.41) is 9.07. The van der Waals surface area contributed by atoms with Crippen LogP contribution in [-0.2, 0) is 10.0 Å². The van der Waals surface area contributed by atoms with Crippen molar-refractivity contribution in [3.63, 3.8) is 0 Å². The standard InChI is InChI=1S/C14H12INO4S/c1-9-12(14(17)18)6-3-7-13(9)21(19,20)16-11-5-2-4-10(15)8-11/h2-8,16H,1H3,(H,17,18). The molecule has 110 valence electrons. The zero-order valence-electron chi connectivity index (χ0n) is 11.0. The smallest absolute Gasteiger partial charge is 0.335 e. The maximum atomic E-state index is 12.4. The van der Waals surface area contributed by atoms with Gasteiger partial charge in [-0.1, -0.05) is 12.1 Å². The number of carboxylic acids is 1. The van der Waals surface area contributed by atoms with E-state index in [0.717, 1.165) is 3.57 Å². The van der Waals surface area contributed by atoms with Crippen LogP contribution in [0.5, 0.6) is 0 Å². The van der Waals surface area contributed by atoms with Crippen LogP contribution in [0.1, 0.15) is 15.9 Å². The monoisotopic (exact) mass is 417 g/mol. The molecule has 2 aromatic carbocycles. The predicted octanol–water partition coefficient (Wildman–Crippen LogP) is 3.10. The normalized spacial score (nSPS) is 11.1. The summed E-state index contributed by atoms with van der Waals surface area (Å²) < 4.78 is 28.2. The molecule has 0 atom stereocenters. The van der Waals surface area contributed by atoms with E-state index in [1.807, 2.05) is 6.07 Å². The van der Waals surface area contributed by atoms with Gasteiger partial charge in [-0.15, -0.1) is 0 Å². The first-order valence-electron chi connectivity index (χ1n) is 5.92. The first-order chi connectivity index (χ1) is 9.81. The minimum absolute atomic E-state index is 0.0273. The Labute approximate surface area is 136 Å². The van der Waals surface area contributed by atoms with Gasteiger partial charge in [0.05, 0.1) is 10.5 Å². The summed E-state index contributed by atoms with van der Waals surface area (Å²) in [4.78, 5) is 11.0. The highest BCUT2D eigenvalue weighted by molar-refractivity contribution is 14.1. The van der Waals surface area contributed by atoms with Crippen molar-refractivity contribution >= 4 is 44.3 Å². The zero-order valence-corrected chi connectivity index (χ0v) is 14.0. The van der Waals surface area contributed by atoms with Crippen LogP contribution in [0.25, 0.3) is 0 Å². The summed E-state index contributed by atoms with van der Waals surface area (Å²) in [6, 6.07) is 11.1. The molecule has 0 saturated heterocycles. The van der Waals surface area contributed by atoms with E-state index in [9.17, 15) is 13.2 Å². The lowest BCUT2D eigenvalue weighted by molar-refractivity contribution is 0.0696. The molecule has 0 aliphatic carbocycles. The fraction of sp³-hybridized carbons (Fsp3) is 0.0714. The maximum Gasteiger partial charge on any atom is 0.335 e. The van der Waals surface area contributed by atoms with Gasteiger partial charge in [-0.3, -0.25) is 4.72 Å². The molecule has 2 N–H and O–H groups in total. The van der Waals surface area contributed by atoms with Crippen molar-refractivity contribution in [2.75, 3.05) is 4.72 Å². The fourth-order valence-corrected chi connectivity index (χ4v) is 3.76. The lowest BCUT2D eigenvalue weighted by Crippen LogP contribution is -2.16. The van der Waals surface area contributed by atoms with E-state index in [0.29, 0.717) is 5.69 Å². The van der Waals surface area contributed by atoms with Gasteiger partial charge < -0.3 is 5.11 Å². The number of rotatable bonds is 4. The summed E-state index contributed by atoms with van der Waals surface area (Å²) in [5.74, 6) is -1.15. The fourth-order valence-electron chi connectivity index (χ4n) is 1.90. The van der Waals surface area contributed by atoms with Gasteiger partial charge in [-0.2, -0.15) is 0 Å². The Balaban J connectivity index is 2.45. The Kier molecular flexibility index (Phi) is 4.52. The third-order valence-corrected chi connectivity index (χ3v) is 5.08. The van der Waals surface area contributed by atoms with Gasteiger partial charge in [0.2, 0.25) is 0 Å². The van der Waals surface area contributed by atoms with E-state index < -0.39 is 16.0 Å². The molecule has 0 aliphatic heterocycles. The van der Waals surface area contributed by atoms with Crippen molar-refractivity contribution in [2.45, 2.75) is 11.8 Å². The Morgan fingerprint density at radius 1 is 1.19 bits per heavy atom. The van der Waals surface area contributed by atoms with Crippen molar-refractivity contribution in [2.24, 2.45) is 0 Å². The van der Waals surface area contributed by atoms with Crippen molar-refractivity contribution < 1.29 is 18.3 Å². The summed E-state index contributed by atoms with van der Waals surface area (Å²) in [6.07, 6.45) is 0. The Bertz CT molecular complexity index is 802. The van der Waals surface area contributed by atoms with Crippen molar-refractivity contribution in [1.82, 2.24) is 0 Å². The highest BCUT2D eigenvalue weighted by atomic mass is 127. The molecule has 0 aliphatic rings. The molecule has 0 heterocycles. The Morgan fingerprint density at radius 2 is 1.86 bits per heavy atom. The third-order valence-electron chi connectivity index (χ3n) is 2.88. The molecule has 2 aromatic rings. The van der Waals surface area contributed by atoms with Crippen molar-refractivity contribution in [1.29, 1.82) is 0 Å². The van der Waals surface area contributed by atoms with Crippen molar-refractivity contribution in [3.8, 4) is 0 Å². The number of carbonyl (C=O) groups is 1. The quantitative estimate of drug-likeness (QED) is 0.750.